The van der Waals surface area contributed by atoms with Gasteiger partial charge in [0.25, 0.3) is 0 Å². The first-order chi connectivity index (χ1) is 6.25. The fraction of sp³-hybridized carbons (Fsp3) is 0.750. The lowest BCUT2D eigenvalue weighted by molar-refractivity contribution is 0.423. The van der Waals surface area contributed by atoms with E-state index >= 15 is 0 Å². The molecule has 0 radical (unpaired) electrons. The molecule has 1 aromatic rings. The van der Waals surface area contributed by atoms with Crippen LogP contribution >= 0.6 is 11.6 Å². The van der Waals surface area contributed by atoms with Crippen LogP contribution in [-0.2, 0) is 0 Å². The molecular weight excluding hydrogens is 190 g/mol. The second-order valence-electron chi connectivity index (χ2n) is 3.33. The number of halogens is 1. The Hall–Kier alpha value is -0.770. The highest BCUT2D eigenvalue weighted by atomic mass is 35.5. The normalized spacial score (nSPS) is 19.5. The van der Waals surface area contributed by atoms with Crippen molar-refractivity contribution in [2.75, 3.05) is 5.32 Å². The maximum absolute atomic E-state index is 5.78. The number of hydrogen-bond donors (Lipinski definition) is 1. The van der Waals surface area contributed by atoms with Gasteiger partial charge < -0.3 is 9.73 Å². The molecule has 0 aliphatic heterocycles. The third kappa shape index (κ3) is 1.94. The third-order valence-electron chi connectivity index (χ3n) is 2.21. The first-order valence-corrected chi connectivity index (χ1v) is 4.93. The number of rotatable bonds is 3. The Morgan fingerprint density at radius 2 is 2.31 bits per heavy atom. The van der Waals surface area contributed by atoms with E-state index in [4.69, 9.17) is 16.0 Å². The van der Waals surface area contributed by atoms with Gasteiger partial charge in [0.15, 0.2) is 0 Å². The summed E-state index contributed by atoms with van der Waals surface area (Å²) in [5, 5.41) is 10.6. The lowest BCUT2D eigenvalue weighted by atomic mass is 9.93. The average Bonchev–Trinajstić information content (AvgIpc) is 2.44. The van der Waals surface area contributed by atoms with E-state index in [0.29, 0.717) is 17.9 Å². The number of aromatic nitrogens is 2. The van der Waals surface area contributed by atoms with Crippen molar-refractivity contribution < 1.29 is 4.42 Å². The summed E-state index contributed by atoms with van der Waals surface area (Å²) < 4.78 is 5.29. The molecule has 72 valence electrons. The summed E-state index contributed by atoms with van der Waals surface area (Å²) in [6.07, 6.45) is 3.66. The monoisotopic (exact) mass is 201 g/mol. The molecule has 0 spiro atoms. The Balaban J connectivity index is 1.96. The molecule has 1 fully saturated rings. The first kappa shape index (κ1) is 8.81. The lowest BCUT2D eigenvalue weighted by Crippen LogP contribution is -2.27. The van der Waals surface area contributed by atoms with Gasteiger partial charge in [-0.25, -0.2) is 0 Å². The molecule has 1 aliphatic carbocycles. The van der Waals surface area contributed by atoms with Gasteiger partial charge >= 0.3 is 6.01 Å². The van der Waals surface area contributed by atoms with Gasteiger partial charge in [-0.2, -0.15) is 0 Å². The van der Waals surface area contributed by atoms with Crippen LogP contribution in [0.4, 0.5) is 6.01 Å². The topological polar surface area (TPSA) is 51.0 Å². The maximum Gasteiger partial charge on any atom is 0.315 e. The van der Waals surface area contributed by atoms with Crippen LogP contribution in [0.5, 0.6) is 0 Å². The van der Waals surface area contributed by atoms with Crippen LogP contribution in [0.25, 0.3) is 0 Å². The molecule has 4 nitrogen and oxygen atoms in total. The van der Waals surface area contributed by atoms with Gasteiger partial charge in [-0.3, -0.25) is 0 Å². The van der Waals surface area contributed by atoms with E-state index in [-0.39, 0.29) is 5.38 Å². The molecule has 0 bridgehead atoms. The number of anilines is 1. The van der Waals surface area contributed by atoms with E-state index < -0.39 is 0 Å². The predicted molar refractivity (Wildman–Crippen MR) is 49.8 cm³/mol. The minimum Gasteiger partial charge on any atom is -0.406 e. The molecule has 1 saturated carbocycles. The van der Waals surface area contributed by atoms with Gasteiger partial charge in [0.1, 0.15) is 5.38 Å². The number of nitrogens with one attached hydrogen (secondary N) is 1. The molecule has 1 aromatic heterocycles. The van der Waals surface area contributed by atoms with Crippen molar-refractivity contribution in [1.29, 1.82) is 0 Å². The van der Waals surface area contributed by atoms with Gasteiger partial charge in [-0.15, -0.1) is 16.7 Å². The summed E-state index contributed by atoms with van der Waals surface area (Å²) in [7, 11) is 0. The number of hydrogen-bond acceptors (Lipinski definition) is 4. The van der Waals surface area contributed by atoms with Crippen molar-refractivity contribution in [3.63, 3.8) is 0 Å². The summed E-state index contributed by atoms with van der Waals surface area (Å²) in [5.41, 5.74) is 0. The fourth-order valence-electron chi connectivity index (χ4n) is 1.18. The van der Waals surface area contributed by atoms with Gasteiger partial charge in [0, 0.05) is 6.04 Å². The van der Waals surface area contributed by atoms with Crippen LogP contribution in [0.2, 0.25) is 0 Å². The molecule has 0 saturated heterocycles. The van der Waals surface area contributed by atoms with E-state index in [1.807, 2.05) is 6.92 Å². The maximum atomic E-state index is 5.78. The average molecular weight is 202 g/mol. The molecule has 1 aliphatic rings. The van der Waals surface area contributed by atoms with Crippen LogP contribution in [-0.4, -0.2) is 16.2 Å². The highest BCUT2D eigenvalue weighted by Gasteiger charge is 2.20. The van der Waals surface area contributed by atoms with Crippen LogP contribution in [0.3, 0.4) is 0 Å². The molecule has 1 unspecified atom stereocenters. The molecule has 0 aromatic carbocycles. The summed E-state index contributed by atoms with van der Waals surface area (Å²) in [5.74, 6) is 0.475. The van der Waals surface area contributed by atoms with Crippen LogP contribution in [0, 0.1) is 0 Å². The lowest BCUT2D eigenvalue weighted by Gasteiger charge is -2.24. The Morgan fingerprint density at radius 3 is 2.77 bits per heavy atom. The Labute approximate surface area is 81.7 Å². The van der Waals surface area contributed by atoms with Crippen molar-refractivity contribution in [2.24, 2.45) is 0 Å². The summed E-state index contributed by atoms with van der Waals surface area (Å²) in [4.78, 5) is 0. The second-order valence-corrected chi connectivity index (χ2v) is 3.99. The highest BCUT2D eigenvalue weighted by Crippen LogP contribution is 2.24. The van der Waals surface area contributed by atoms with E-state index in [1.165, 1.54) is 19.3 Å². The van der Waals surface area contributed by atoms with Crippen molar-refractivity contribution in [3.8, 4) is 0 Å². The minimum absolute atomic E-state index is 0.218. The van der Waals surface area contributed by atoms with Gasteiger partial charge in [0.05, 0.1) is 0 Å². The smallest absolute Gasteiger partial charge is 0.315 e. The van der Waals surface area contributed by atoms with Crippen LogP contribution in [0.1, 0.15) is 37.5 Å². The SMILES string of the molecule is CC(Cl)c1nnc(NC2CCC2)o1. The molecule has 5 heteroatoms. The van der Waals surface area contributed by atoms with E-state index in [0.717, 1.165) is 0 Å². The molecule has 2 rings (SSSR count). The Kier molecular flexibility index (Phi) is 2.40. The number of alkyl halides is 1. The molecule has 1 N–H and O–H groups in total. The van der Waals surface area contributed by atoms with Gasteiger partial charge in [-0.1, -0.05) is 5.10 Å². The van der Waals surface area contributed by atoms with Crippen molar-refractivity contribution in [1.82, 2.24) is 10.2 Å². The summed E-state index contributed by atoms with van der Waals surface area (Å²) in [6.45, 7) is 1.81. The van der Waals surface area contributed by atoms with E-state index in [2.05, 4.69) is 15.5 Å². The predicted octanol–water partition coefficient (Wildman–Crippen LogP) is 2.33. The molecule has 13 heavy (non-hydrogen) atoms. The third-order valence-corrected chi connectivity index (χ3v) is 2.40. The highest BCUT2D eigenvalue weighted by molar-refractivity contribution is 6.20. The zero-order valence-electron chi connectivity index (χ0n) is 7.46. The summed E-state index contributed by atoms with van der Waals surface area (Å²) in [6, 6.07) is 1.01. The molecule has 1 heterocycles. The Bertz CT molecular complexity index is 283. The van der Waals surface area contributed by atoms with E-state index in [1.54, 1.807) is 0 Å². The quantitative estimate of drug-likeness (QED) is 0.763. The fourth-order valence-corrected chi connectivity index (χ4v) is 1.27. The molecule has 1 atom stereocenters. The van der Waals surface area contributed by atoms with Crippen molar-refractivity contribution in [3.05, 3.63) is 5.89 Å². The van der Waals surface area contributed by atoms with Crippen molar-refractivity contribution in [2.45, 2.75) is 37.6 Å². The van der Waals surface area contributed by atoms with Gasteiger partial charge in [-0.05, 0) is 26.2 Å². The Morgan fingerprint density at radius 1 is 1.54 bits per heavy atom. The second kappa shape index (κ2) is 3.54. The first-order valence-electron chi connectivity index (χ1n) is 4.49. The minimum atomic E-state index is -0.218. The van der Waals surface area contributed by atoms with Crippen molar-refractivity contribution >= 4 is 17.6 Å². The molecule has 0 amide bonds. The summed E-state index contributed by atoms with van der Waals surface area (Å²) >= 11 is 5.78. The van der Waals surface area contributed by atoms with Gasteiger partial charge in [0.2, 0.25) is 5.89 Å². The largest absolute Gasteiger partial charge is 0.406 e. The zero-order chi connectivity index (χ0) is 9.26. The van der Waals surface area contributed by atoms with E-state index in [9.17, 15) is 0 Å². The molecular formula is C8H12ClN3O. The van der Waals surface area contributed by atoms with Crippen LogP contribution < -0.4 is 5.32 Å². The zero-order valence-corrected chi connectivity index (χ0v) is 8.21. The van der Waals surface area contributed by atoms with Crippen LogP contribution in [0.15, 0.2) is 4.42 Å². The standard InChI is InChI=1S/C8H12ClN3O/c1-5(9)7-11-12-8(13-7)10-6-3-2-4-6/h5-6H,2-4H2,1H3,(H,10,12). The number of nitrogens with zero attached hydrogens (tertiary/aromatic N) is 2.